The molecule has 0 radical (unpaired) electrons. The Kier molecular flexibility index (Phi) is 22.4. The zero-order chi connectivity index (χ0) is 50.7. The number of carbonyl (C=O) groups excluding carboxylic acids is 5. The van der Waals surface area contributed by atoms with E-state index in [9.17, 15) is 42.3 Å². The molecule has 22 nitrogen and oxygen atoms in total. The maximum absolute atomic E-state index is 13.8. The molecule has 1 fully saturated rings. The number of hydrogen-bond acceptors (Lipinski definition) is 18. The monoisotopic (exact) mass is 982 g/mol. The molecule has 0 spiro atoms. The Labute approximate surface area is 401 Å². The number of nitrogens with zero attached hydrogens (tertiary/aromatic N) is 4. The molecule has 0 saturated carbocycles. The largest absolute Gasteiger partial charge is 0.492 e. The molecule has 2 aliphatic rings. The van der Waals surface area contributed by atoms with E-state index < -0.39 is 86.9 Å². The number of rotatable bonds is 22. The van der Waals surface area contributed by atoms with Crippen molar-refractivity contribution in [3.8, 4) is 5.75 Å². The van der Waals surface area contributed by atoms with Crippen LogP contribution < -0.4 is 30.7 Å². The molecule has 2 aliphatic heterocycles. The van der Waals surface area contributed by atoms with Gasteiger partial charge in [0.2, 0.25) is 15.9 Å². The van der Waals surface area contributed by atoms with Crippen LogP contribution >= 0.6 is 0 Å². The van der Waals surface area contributed by atoms with Crippen molar-refractivity contribution in [2.24, 2.45) is 4.99 Å². The first-order chi connectivity index (χ1) is 31.7. The molecule has 1 aromatic rings. The number of nitrogens with one attached hydrogen (secondary N) is 5. The van der Waals surface area contributed by atoms with Gasteiger partial charge in [-0.15, -0.1) is 0 Å². The van der Waals surface area contributed by atoms with E-state index in [1.54, 1.807) is 74.4 Å². The van der Waals surface area contributed by atoms with Gasteiger partial charge in [-0.25, -0.2) is 8.42 Å². The smallest absolute Gasteiger partial charge is 0.323 e. The highest BCUT2D eigenvalue weighted by molar-refractivity contribution is 7.89. The maximum Gasteiger partial charge on any atom is 0.323 e. The summed E-state index contributed by atoms with van der Waals surface area (Å²) in [5, 5.41) is 21.0. The molecule has 0 bridgehead atoms. The van der Waals surface area contributed by atoms with E-state index in [1.807, 2.05) is 14.7 Å². The number of aliphatic carboxylic acids is 1. The lowest BCUT2D eigenvalue weighted by Crippen LogP contribution is -2.50. The standard InChI is InChI=1S/C45H75N9O13S/c1-43(2,3)65-37(56)30-52-21-22-53(31-38(57)66-44(4,5)6)24-26-54(25-23-52)35(41(61)67-45(7,8)9)15-16-36(55)46-20-28-68(62,63)51-34(40(59)60)29-50-39(58)32-11-13-33(14-12-32)64-27-19-49-42-47-17-10-18-48-42/h11-14,34-35,51H,10,15-31H2,1-9H3,(H,46,55)(H,50,58)(H,59,60)(H2,47,48,49). The van der Waals surface area contributed by atoms with E-state index in [4.69, 9.17) is 18.9 Å². The van der Waals surface area contributed by atoms with Gasteiger partial charge in [-0.1, -0.05) is 0 Å². The Morgan fingerprint density at radius 3 is 1.85 bits per heavy atom. The van der Waals surface area contributed by atoms with Crippen LogP contribution in [0.4, 0.5) is 0 Å². The molecule has 0 aliphatic carbocycles. The van der Waals surface area contributed by atoms with Gasteiger partial charge in [-0.2, -0.15) is 4.72 Å². The van der Waals surface area contributed by atoms with E-state index in [-0.39, 0.29) is 38.0 Å². The molecule has 1 aromatic carbocycles. The Balaban J connectivity index is 1.59. The Morgan fingerprint density at radius 1 is 0.779 bits per heavy atom. The van der Waals surface area contributed by atoms with Crippen molar-refractivity contribution >= 4 is 51.7 Å². The van der Waals surface area contributed by atoms with Gasteiger partial charge in [0, 0.05) is 77.4 Å². The lowest BCUT2D eigenvalue weighted by Gasteiger charge is -2.33. The summed E-state index contributed by atoms with van der Waals surface area (Å²) in [5.74, 6) is -3.65. The zero-order valence-electron chi connectivity index (χ0n) is 41.2. The number of amides is 2. The van der Waals surface area contributed by atoms with Crippen molar-refractivity contribution in [2.45, 2.75) is 110 Å². The van der Waals surface area contributed by atoms with E-state index in [2.05, 4.69) is 31.0 Å². The van der Waals surface area contributed by atoms with E-state index in [1.165, 1.54) is 12.1 Å². The number of ether oxygens (including phenoxy) is 4. The first kappa shape index (κ1) is 57.2. The topological polar surface area (TPSA) is 276 Å². The van der Waals surface area contributed by atoms with Crippen molar-refractivity contribution in [1.82, 2.24) is 40.7 Å². The molecule has 2 atom stereocenters. The fourth-order valence-electron chi connectivity index (χ4n) is 6.84. The summed E-state index contributed by atoms with van der Waals surface area (Å²) >= 11 is 0. The van der Waals surface area contributed by atoms with Gasteiger partial charge in [0.15, 0.2) is 5.96 Å². The molecule has 0 aromatic heterocycles. The molecular formula is C45H75N9O13S. The number of carboxylic acid groups (broad SMARTS) is 1. The number of hydrogen-bond donors (Lipinski definition) is 6. The number of sulfonamides is 1. The summed E-state index contributed by atoms with van der Waals surface area (Å²) in [6.45, 7) is 19.3. The van der Waals surface area contributed by atoms with Crippen molar-refractivity contribution in [1.29, 1.82) is 0 Å². The van der Waals surface area contributed by atoms with Crippen LogP contribution in [-0.4, -0.2) is 196 Å². The number of guanidine groups is 1. The summed E-state index contributed by atoms with van der Waals surface area (Å²) in [7, 11) is -4.29. The molecule has 68 heavy (non-hydrogen) atoms. The molecule has 2 amide bonds. The predicted octanol–water partition coefficient (Wildman–Crippen LogP) is 0.316. The number of esters is 3. The molecule has 1 saturated heterocycles. The van der Waals surface area contributed by atoms with E-state index in [0.717, 1.165) is 25.5 Å². The van der Waals surface area contributed by atoms with Crippen LogP contribution in [0.5, 0.6) is 5.75 Å². The lowest BCUT2D eigenvalue weighted by molar-refractivity contribution is -0.163. The zero-order valence-corrected chi connectivity index (χ0v) is 42.1. The summed E-state index contributed by atoms with van der Waals surface area (Å²) in [6.07, 6.45) is 0.747. The number of aliphatic imine (C=N–C) groups is 1. The summed E-state index contributed by atoms with van der Waals surface area (Å²) in [6, 6.07) is 3.49. The fraction of sp³-hybridized carbons (Fsp3) is 0.711. The van der Waals surface area contributed by atoms with Crippen molar-refractivity contribution in [2.75, 3.05) is 97.4 Å². The minimum absolute atomic E-state index is 0.0215. The van der Waals surface area contributed by atoms with Gasteiger partial charge < -0.3 is 45.3 Å². The van der Waals surface area contributed by atoms with Gasteiger partial charge in [-0.05, 0) is 99.4 Å². The van der Waals surface area contributed by atoms with Crippen LogP contribution in [0.1, 0.15) is 91.9 Å². The molecule has 6 N–H and O–H groups in total. The SMILES string of the molecule is CC(C)(C)OC(=O)CN1CCN(CC(=O)OC(C)(C)C)CCN(C(CCC(=O)NCCS(=O)(=O)NC(CNC(=O)c2ccc(OCCNC3=NCCCN3)cc2)C(=O)O)C(=O)OC(C)(C)C)CC1. The molecular weight excluding hydrogens is 907 g/mol. The van der Waals surface area contributed by atoms with Gasteiger partial charge >= 0.3 is 23.9 Å². The highest BCUT2D eigenvalue weighted by atomic mass is 32.2. The quantitative estimate of drug-likeness (QED) is 0.0519. The third-order valence-electron chi connectivity index (χ3n) is 9.91. The average molecular weight is 982 g/mol. The number of carbonyl (C=O) groups is 6. The van der Waals surface area contributed by atoms with Crippen molar-refractivity contribution < 1.29 is 61.2 Å². The van der Waals surface area contributed by atoms with Crippen LogP contribution in [0.25, 0.3) is 0 Å². The molecule has 2 unspecified atom stereocenters. The Morgan fingerprint density at radius 2 is 1.34 bits per heavy atom. The van der Waals surface area contributed by atoms with Crippen molar-refractivity contribution in [3.63, 3.8) is 0 Å². The highest BCUT2D eigenvalue weighted by Crippen LogP contribution is 2.18. The van der Waals surface area contributed by atoms with Gasteiger partial charge in [-0.3, -0.25) is 48.5 Å². The predicted molar refractivity (Wildman–Crippen MR) is 254 cm³/mol. The number of carboxylic acids is 1. The molecule has 3 rings (SSSR count). The van der Waals surface area contributed by atoms with Gasteiger partial charge in [0.1, 0.15) is 41.2 Å². The third-order valence-corrected chi connectivity index (χ3v) is 11.3. The third kappa shape index (κ3) is 23.8. The minimum Gasteiger partial charge on any atom is -0.492 e. The van der Waals surface area contributed by atoms with Crippen LogP contribution in [0, 0.1) is 0 Å². The molecule has 2 heterocycles. The second-order valence-corrected chi connectivity index (χ2v) is 21.4. The minimum atomic E-state index is -4.29. The first-order valence-electron chi connectivity index (χ1n) is 23.0. The van der Waals surface area contributed by atoms with Crippen LogP contribution in [0.2, 0.25) is 0 Å². The normalized spacial score (nSPS) is 16.8. The summed E-state index contributed by atoms with van der Waals surface area (Å²) < 4.78 is 50.7. The first-order valence-corrected chi connectivity index (χ1v) is 24.7. The van der Waals surface area contributed by atoms with Crippen LogP contribution in [-0.2, 0) is 48.2 Å². The highest BCUT2D eigenvalue weighted by Gasteiger charge is 2.33. The Hall–Kier alpha value is -5.10. The number of benzene rings is 1. The molecule has 23 heteroatoms. The maximum atomic E-state index is 13.8. The second-order valence-electron chi connectivity index (χ2n) is 19.5. The summed E-state index contributed by atoms with van der Waals surface area (Å²) in [4.78, 5) is 87.6. The summed E-state index contributed by atoms with van der Waals surface area (Å²) in [5.41, 5.74) is -2.09. The average Bonchev–Trinajstić information content (AvgIpc) is 3.30. The lowest BCUT2D eigenvalue weighted by atomic mass is 10.1. The van der Waals surface area contributed by atoms with Crippen molar-refractivity contribution in [3.05, 3.63) is 29.8 Å². The molecule has 384 valence electrons. The van der Waals surface area contributed by atoms with Crippen LogP contribution in [0.3, 0.4) is 0 Å². The van der Waals surface area contributed by atoms with E-state index in [0.29, 0.717) is 58.2 Å². The van der Waals surface area contributed by atoms with E-state index >= 15 is 0 Å². The second kappa shape index (κ2) is 26.6. The van der Waals surface area contributed by atoms with Crippen LogP contribution in [0.15, 0.2) is 29.3 Å². The fourth-order valence-corrected chi connectivity index (χ4v) is 7.95. The Bertz CT molecular complexity index is 1940. The van der Waals surface area contributed by atoms with Gasteiger partial charge in [0.05, 0.1) is 25.4 Å². The van der Waals surface area contributed by atoms with Gasteiger partial charge in [0.25, 0.3) is 5.91 Å².